The zero-order valence-electron chi connectivity index (χ0n) is 9.60. The van der Waals surface area contributed by atoms with E-state index in [2.05, 4.69) is 29.2 Å². The van der Waals surface area contributed by atoms with Gasteiger partial charge in [-0.3, -0.25) is 0 Å². The van der Waals surface area contributed by atoms with E-state index in [0.717, 1.165) is 31.8 Å². The minimum atomic E-state index is -0.0807. The Morgan fingerprint density at radius 2 is 1.81 bits per heavy atom. The van der Waals surface area contributed by atoms with Crippen LogP contribution in [0.3, 0.4) is 0 Å². The maximum Gasteiger partial charge on any atom is 0.0574 e. The maximum absolute atomic E-state index is 9.50. The van der Waals surface area contributed by atoms with Gasteiger partial charge < -0.3 is 10.0 Å². The van der Waals surface area contributed by atoms with Crippen molar-refractivity contribution < 1.29 is 5.11 Å². The van der Waals surface area contributed by atoms with Crippen molar-refractivity contribution in [3.05, 3.63) is 29.8 Å². The lowest BCUT2D eigenvalue weighted by Crippen LogP contribution is -2.35. The molecule has 1 aromatic rings. The average Bonchev–Trinajstić information content (AvgIpc) is 3.14. The first kappa shape index (κ1) is 10.2. The third kappa shape index (κ3) is 2.07. The van der Waals surface area contributed by atoms with Crippen LogP contribution in [-0.4, -0.2) is 24.3 Å². The maximum atomic E-state index is 9.50. The second-order valence-corrected chi connectivity index (χ2v) is 5.09. The quantitative estimate of drug-likeness (QED) is 0.823. The number of piperidine rings is 1. The van der Waals surface area contributed by atoms with Crippen LogP contribution in [0.4, 0.5) is 5.69 Å². The molecule has 3 rings (SSSR count). The Labute approximate surface area is 96.9 Å². The first-order valence-corrected chi connectivity index (χ1v) is 6.36. The van der Waals surface area contributed by atoms with Gasteiger partial charge in [0.15, 0.2) is 0 Å². The van der Waals surface area contributed by atoms with E-state index in [0.29, 0.717) is 0 Å². The van der Waals surface area contributed by atoms with Crippen LogP contribution < -0.4 is 4.90 Å². The summed E-state index contributed by atoms with van der Waals surface area (Å²) in [5.74, 6) is 0.829. The third-order valence-corrected chi connectivity index (χ3v) is 3.75. The molecular weight excluding hydrogens is 198 g/mol. The third-order valence-electron chi connectivity index (χ3n) is 3.75. The molecule has 1 saturated carbocycles. The number of hydrogen-bond acceptors (Lipinski definition) is 2. The van der Waals surface area contributed by atoms with Crippen molar-refractivity contribution >= 4 is 5.69 Å². The molecule has 0 amide bonds. The summed E-state index contributed by atoms with van der Waals surface area (Å²) in [4.78, 5) is 2.40. The largest absolute Gasteiger partial charge is 0.393 e. The molecule has 86 valence electrons. The Bertz CT molecular complexity index is 365. The SMILES string of the molecule is OC1CCN(c2cccc(C3CC3)c2)CC1. The molecule has 1 saturated heterocycles. The van der Waals surface area contributed by atoms with Gasteiger partial charge in [0, 0.05) is 18.8 Å². The predicted octanol–water partition coefficient (Wildman–Crippen LogP) is 2.53. The van der Waals surface area contributed by atoms with E-state index >= 15 is 0 Å². The summed E-state index contributed by atoms with van der Waals surface area (Å²) in [6.07, 6.45) is 4.47. The van der Waals surface area contributed by atoms with Crippen LogP contribution in [0.15, 0.2) is 24.3 Å². The molecule has 0 unspecified atom stereocenters. The topological polar surface area (TPSA) is 23.5 Å². The molecule has 2 aliphatic rings. The van der Waals surface area contributed by atoms with Crippen molar-refractivity contribution in [1.82, 2.24) is 0 Å². The van der Waals surface area contributed by atoms with Gasteiger partial charge in [-0.15, -0.1) is 0 Å². The number of anilines is 1. The fraction of sp³-hybridized carbons (Fsp3) is 0.571. The second-order valence-electron chi connectivity index (χ2n) is 5.09. The zero-order valence-corrected chi connectivity index (χ0v) is 9.60. The molecule has 1 N–H and O–H groups in total. The van der Waals surface area contributed by atoms with Gasteiger partial charge >= 0.3 is 0 Å². The summed E-state index contributed by atoms with van der Waals surface area (Å²) < 4.78 is 0. The van der Waals surface area contributed by atoms with Crippen LogP contribution in [0.1, 0.15) is 37.2 Å². The Hall–Kier alpha value is -1.02. The van der Waals surface area contributed by atoms with Crippen molar-refractivity contribution in [3.63, 3.8) is 0 Å². The van der Waals surface area contributed by atoms with E-state index in [-0.39, 0.29) is 6.10 Å². The normalized spacial score (nSPS) is 22.4. The van der Waals surface area contributed by atoms with Crippen molar-refractivity contribution in [2.75, 3.05) is 18.0 Å². The summed E-state index contributed by atoms with van der Waals surface area (Å²) in [5.41, 5.74) is 2.85. The van der Waals surface area contributed by atoms with Gasteiger partial charge in [0.1, 0.15) is 0 Å². The fourth-order valence-electron chi connectivity index (χ4n) is 2.52. The molecule has 0 radical (unpaired) electrons. The van der Waals surface area contributed by atoms with Crippen LogP contribution in [0, 0.1) is 0 Å². The smallest absolute Gasteiger partial charge is 0.0574 e. The van der Waals surface area contributed by atoms with Crippen molar-refractivity contribution in [2.45, 2.75) is 37.7 Å². The minimum Gasteiger partial charge on any atom is -0.393 e. The lowest BCUT2D eigenvalue weighted by atomic mass is 10.1. The number of hydrogen-bond donors (Lipinski definition) is 1. The number of aliphatic hydroxyl groups is 1. The molecule has 16 heavy (non-hydrogen) atoms. The van der Waals surface area contributed by atoms with Gasteiger partial charge in [-0.25, -0.2) is 0 Å². The molecule has 0 spiro atoms. The summed E-state index contributed by atoms with van der Waals surface area (Å²) in [7, 11) is 0. The Morgan fingerprint density at radius 3 is 2.50 bits per heavy atom. The lowest BCUT2D eigenvalue weighted by molar-refractivity contribution is 0.145. The molecule has 0 bridgehead atoms. The molecule has 2 fully saturated rings. The van der Waals surface area contributed by atoms with E-state index in [1.165, 1.54) is 24.1 Å². The summed E-state index contributed by atoms with van der Waals surface area (Å²) in [5, 5.41) is 9.50. The van der Waals surface area contributed by atoms with Gasteiger partial charge in [-0.1, -0.05) is 12.1 Å². The van der Waals surface area contributed by atoms with Crippen molar-refractivity contribution in [3.8, 4) is 0 Å². The van der Waals surface area contributed by atoms with Crippen LogP contribution in [0.25, 0.3) is 0 Å². The van der Waals surface area contributed by atoms with Gasteiger partial charge in [-0.2, -0.15) is 0 Å². The summed E-state index contributed by atoms with van der Waals surface area (Å²) in [6, 6.07) is 8.97. The number of nitrogens with zero attached hydrogens (tertiary/aromatic N) is 1. The van der Waals surface area contributed by atoms with Crippen LogP contribution in [0.5, 0.6) is 0 Å². The summed E-state index contributed by atoms with van der Waals surface area (Å²) in [6.45, 7) is 1.99. The standard InChI is InChI=1S/C14H19NO/c16-14-6-8-15(9-7-14)13-3-1-2-12(10-13)11-4-5-11/h1-3,10-11,14,16H,4-9H2. The fourth-order valence-corrected chi connectivity index (χ4v) is 2.52. The van der Waals surface area contributed by atoms with Gasteiger partial charge in [0.2, 0.25) is 0 Å². The monoisotopic (exact) mass is 217 g/mol. The predicted molar refractivity (Wildman–Crippen MR) is 65.9 cm³/mol. The molecule has 2 heteroatoms. The van der Waals surface area contributed by atoms with Crippen molar-refractivity contribution in [1.29, 1.82) is 0 Å². The van der Waals surface area contributed by atoms with Crippen LogP contribution in [0.2, 0.25) is 0 Å². The Morgan fingerprint density at radius 1 is 1.06 bits per heavy atom. The molecule has 1 aliphatic carbocycles. The Kier molecular flexibility index (Phi) is 2.60. The highest BCUT2D eigenvalue weighted by Gasteiger charge is 2.24. The molecule has 0 aromatic heterocycles. The minimum absolute atomic E-state index is 0.0807. The molecular formula is C14H19NO. The highest BCUT2D eigenvalue weighted by atomic mass is 16.3. The van der Waals surface area contributed by atoms with E-state index < -0.39 is 0 Å². The van der Waals surface area contributed by atoms with E-state index in [1.807, 2.05) is 0 Å². The van der Waals surface area contributed by atoms with Gasteiger partial charge in [-0.05, 0) is 49.3 Å². The Balaban J connectivity index is 1.75. The average molecular weight is 217 g/mol. The highest BCUT2D eigenvalue weighted by Crippen LogP contribution is 2.41. The molecule has 2 nitrogen and oxygen atoms in total. The number of aliphatic hydroxyl groups excluding tert-OH is 1. The highest BCUT2D eigenvalue weighted by molar-refractivity contribution is 5.50. The molecule has 1 heterocycles. The van der Waals surface area contributed by atoms with E-state index in [4.69, 9.17) is 0 Å². The lowest BCUT2D eigenvalue weighted by Gasteiger charge is -2.31. The molecule has 1 aliphatic heterocycles. The van der Waals surface area contributed by atoms with Crippen LogP contribution >= 0.6 is 0 Å². The van der Waals surface area contributed by atoms with E-state index in [1.54, 1.807) is 0 Å². The van der Waals surface area contributed by atoms with Crippen LogP contribution in [-0.2, 0) is 0 Å². The molecule has 1 aromatic carbocycles. The van der Waals surface area contributed by atoms with Gasteiger partial charge in [0.25, 0.3) is 0 Å². The first-order chi connectivity index (χ1) is 7.83. The number of rotatable bonds is 2. The molecule has 0 atom stereocenters. The zero-order chi connectivity index (χ0) is 11.0. The van der Waals surface area contributed by atoms with E-state index in [9.17, 15) is 5.11 Å². The second kappa shape index (κ2) is 4.10. The first-order valence-electron chi connectivity index (χ1n) is 6.36. The van der Waals surface area contributed by atoms with Gasteiger partial charge in [0.05, 0.1) is 6.10 Å². The summed E-state index contributed by atoms with van der Waals surface area (Å²) >= 11 is 0. The number of benzene rings is 1. The van der Waals surface area contributed by atoms with Crippen molar-refractivity contribution in [2.24, 2.45) is 0 Å².